The normalized spacial score (nSPS) is 16.8. The fraction of sp³-hybridized carbons (Fsp3) is 0.462. The van der Waals surface area contributed by atoms with Gasteiger partial charge in [-0.25, -0.2) is 0 Å². The van der Waals surface area contributed by atoms with Crippen LogP contribution in [0.3, 0.4) is 0 Å². The molecule has 1 aliphatic rings. The van der Waals surface area contributed by atoms with E-state index in [0.717, 1.165) is 31.7 Å². The number of esters is 1. The zero-order chi connectivity index (χ0) is 12.1. The Morgan fingerprint density at radius 2 is 2.29 bits per heavy atom. The largest absolute Gasteiger partial charge is 0.425 e. The highest BCUT2D eigenvalue weighted by Gasteiger charge is 2.15. The molecule has 2 rings (SSSR count). The van der Waals surface area contributed by atoms with Gasteiger partial charge in [-0.05, 0) is 24.6 Å². The number of hydrogen-bond acceptors (Lipinski definition) is 4. The number of aryl methyl sites for hydroxylation is 1. The molecular weight excluding hydrogens is 216 g/mol. The van der Waals surface area contributed by atoms with E-state index in [1.54, 1.807) is 6.07 Å². The molecule has 0 atom stereocenters. The maximum Gasteiger partial charge on any atom is 0.325 e. The molecule has 4 heteroatoms. The van der Waals surface area contributed by atoms with Crippen LogP contribution in [0, 0.1) is 13.0 Å². The number of ether oxygens (including phenoxy) is 1. The Balaban J connectivity index is 1.86. The monoisotopic (exact) mass is 233 g/mol. The molecular formula is C13H17N2O2. The molecule has 0 spiro atoms. The molecule has 17 heavy (non-hydrogen) atoms. The van der Waals surface area contributed by atoms with Crippen molar-refractivity contribution in [2.75, 3.05) is 32.7 Å². The standard InChI is InChI=1S/C13H17N2O2/c1-11-4-2-3-5-12(11)17-13(16)10-15-8-6-14-7-9-15/h2,4-5,14H,6-10H2,1H3. The molecule has 91 valence electrons. The van der Waals surface area contributed by atoms with E-state index in [1.165, 1.54) is 0 Å². The van der Waals surface area contributed by atoms with Crippen molar-refractivity contribution in [1.82, 2.24) is 10.2 Å². The van der Waals surface area contributed by atoms with E-state index in [4.69, 9.17) is 4.74 Å². The van der Waals surface area contributed by atoms with E-state index < -0.39 is 0 Å². The first-order chi connectivity index (χ1) is 8.25. The van der Waals surface area contributed by atoms with Crippen molar-refractivity contribution in [1.29, 1.82) is 0 Å². The van der Waals surface area contributed by atoms with Crippen LogP contribution in [-0.4, -0.2) is 43.6 Å². The quantitative estimate of drug-likeness (QED) is 0.613. The molecule has 1 aliphatic heterocycles. The first-order valence-corrected chi connectivity index (χ1v) is 5.86. The van der Waals surface area contributed by atoms with Crippen molar-refractivity contribution in [2.24, 2.45) is 0 Å². The van der Waals surface area contributed by atoms with Gasteiger partial charge < -0.3 is 10.1 Å². The lowest BCUT2D eigenvalue weighted by atomic mass is 10.2. The van der Waals surface area contributed by atoms with E-state index in [2.05, 4.69) is 16.3 Å². The first kappa shape index (κ1) is 12.1. The molecule has 1 aromatic carbocycles. The van der Waals surface area contributed by atoms with Gasteiger partial charge >= 0.3 is 5.97 Å². The summed E-state index contributed by atoms with van der Waals surface area (Å²) in [6.45, 7) is 5.94. The maximum absolute atomic E-state index is 11.7. The molecule has 0 aliphatic carbocycles. The predicted octanol–water partition coefficient (Wildman–Crippen LogP) is 0.606. The molecule has 0 amide bonds. The van der Waals surface area contributed by atoms with Gasteiger partial charge in [0.05, 0.1) is 6.54 Å². The van der Waals surface area contributed by atoms with Gasteiger partial charge in [0.1, 0.15) is 5.75 Å². The van der Waals surface area contributed by atoms with E-state index in [9.17, 15) is 4.79 Å². The van der Waals surface area contributed by atoms with E-state index >= 15 is 0 Å². The van der Waals surface area contributed by atoms with Crippen LogP contribution in [0.4, 0.5) is 0 Å². The molecule has 1 aromatic rings. The molecule has 1 N–H and O–H groups in total. The number of piperazine rings is 1. The third kappa shape index (κ3) is 3.54. The zero-order valence-electron chi connectivity index (χ0n) is 10.0. The Hall–Kier alpha value is -1.39. The molecule has 0 unspecified atom stereocenters. The number of nitrogens with one attached hydrogen (secondary N) is 1. The lowest BCUT2D eigenvalue weighted by molar-refractivity contribution is -0.135. The predicted molar refractivity (Wildman–Crippen MR) is 65.0 cm³/mol. The number of nitrogens with zero attached hydrogens (tertiary/aromatic N) is 1. The highest BCUT2D eigenvalue weighted by molar-refractivity contribution is 5.74. The summed E-state index contributed by atoms with van der Waals surface area (Å²) < 4.78 is 5.32. The summed E-state index contributed by atoms with van der Waals surface area (Å²) in [5.74, 6) is 0.405. The van der Waals surface area contributed by atoms with Gasteiger partial charge in [-0.15, -0.1) is 0 Å². The third-order valence-corrected chi connectivity index (χ3v) is 2.82. The van der Waals surface area contributed by atoms with Crippen LogP contribution < -0.4 is 10.1 Å². The van der Waals surface area contributed by atoms with Gasteiger partial charge in [-0.1, -0.05) is 12.1 Å². The average molecular weight is 233 g/mol. The minimum absolute atomic E-state index is 0.199. The van der Waals surface area contributed by atoms with Crippen LogP contribution in [0.2, 0.25) is 0 Å². The molecule has 0 aromatic heterocycles. The molecule has 1 radical (unpaired) electrons. The van der Waals surface area contributed by atoms with E-state index in [1.807, 2.05) is 19.1 Å². The van der Waals surface area contributed by atoms with Crippen molar-refractivity contribution in [3.05, 3.63) is 29.8 Å². The van der Waals surface area contributed by atoms with Crippen LogP contribution in [0.25, 0.3) is 0 Å². The minimum atomic E-state index is -0.199. The van der Waals surface area contributed by atoms with Crippen LogP contribution in [0.1, 0.15) is 5.56 Å². The maximum atomic E-state index is 11.7. The fourth-order valence-corrected chi connectivity index (χ4v) is 1.81. The molecule has 1 heterocycles. The summed E-state index contributed by atoms with van der Waals surface area (Å²) in [5.41, 5.74) is 0.956. The van der Waals surface area contributed by atoms with Crippen LogP contribution in [0.15, 0.2) is 18.2 Å². The average Bonchev–Trinajstić information content (AvgIpc) is 2.33. The Bertz CT molecular complexity index is 387. The van der Waals surface area contributed by atoms with Crippen molar-refractivity contribution in [2.45, 2.75) is 6.92 Å². The molecule has 1 fully saturated rings. The summed E-state index contributed by atoms with van der Waals surface area (Å²) in [5, 5.41) is 3.25. The third-order valence-electron chi connectivity index (χ3n) is 2.82. The second-order valence-electron chi connectivity index (χ2n) is 4.19. The van der Waals surface area contributed by atoms with Crippen molar-refractivity contribution >= 4 is 5.97 Å². The highest BCUT2D eigenvalue weighted by atomic mass is 16.5. The fourth-order valence-electron chi connectivity index (χ4n) is 1.81. The van der Waals surface area contributed by atoms with Gasteiger partial charge in [0, 0.05) is 26.2 Å². The van der Waals surface area contributed by atoms with Crippen molar-refractivity contribution < 1.29 is 9.53 Å². The van der Waals surface area contributed by atoms with E-state index in [-0.39, 0.29) is 5.97 Å². The second-order valence-corrected chi connectivity index (χ2v) is 4.19. The molecule has 0 saturated carbocycles. The number of carbonyl (C=O) groups is 1. The zero-order valence-corrected chi connectivity index (χ0v) is 10.0. The number of benzene rings is 1. The molecule has 0 bridgehead atoms. The van der Waals surface area contributed by atoms with E-state index in [0.29, 0.717) is 12.3 Å². The van der Waals surface area contributed by atoms with Crippen LogP contribution in [-0.2, 0) is 4.79 Å². The molecule has 4 nitrogen and oxygen atoms in total. The van der Waals surface area contributed by atoms with Gasteiger partial charge in [0.25, 0.3) is 0 Å². The summed E-state index contributed by atoms with van der Waals surface area (Å²) in [7, 11) is 0. The van der Waals surface area contributed by atoms with Gasteiger partial charge in [-0.3, -0.25) is 9.69 Å². The number of hydrogen-bond donors (Lipinski definition) is 1. The highest BCUT2D eigenvalue weighted by Crippen LogP contribution is 2.15. The summed E-state index contributed by atoms with van der Waals surface area (Å²) in [6, 6.07) is 8.30. The summed E-state index contributed by atoms with van der Waals surface area (Å²) in [4.78, 5) is 13.8. The first-order valence-electron chi connectivity index (χ1n) is 5.86. The number of rotatable bonds is 3. The van der Waals surface area contributed by atoms with Crippen LogP contribution >= 0.6 is 0 Å². The van der Waals surface area contributed by atoms with Crippen LogP contribution in [0.5, 0.6) is 5.75 Å². The second kappa shape index (κ2) is 5.80. The Morgan fingerprint density at radius 1 is 1.53 bits per heavy atom. The Kier molecular flexibility index (Phi) is 4.12. The van der Waals surface area contributed by atoms with Crippen molar-refractivity contribution in [3.8, 4) is 5.75 Å². The Labute approximate surface area is 102 Å². The minimum Gasteiger partial charge on any atom is -0.425 e. The topological polar surface area (TPSA) is 41.6 Å². The van der Waals surface area contributed by atoms with Gasteiger partial charge in [-0.2, -0.15) is 0 Å². The van der Waals surface area contributed by atoms with Gasteiger partial charge in [0.2, 0.25) is 0 Å². The van der Waals surface area contributed by atoms with Gasteiger partial charge in [0.15, 0.2) is 0 Å². The molecule has 1 saturated heterocycles. The summed E-state index contributed by atoms with van der Waals surface area (Å²) >= 11 is 0. The lowest BCUT2D eigenvalue weighted by Crippen LogP contribution is -2.46. The summed E-state index contributed by atoms with van der Waals surface area (Å²) in [6.07, 6.45) is 0. The SMILES string of the molecule is Cc1cc[c]cc1OC(=O)CN1CCNCC1. The van der Waals surface area contributed by atoms with Crippen molar-refractivity contribution in [3.63, 3.8) is 0 Å². The Morgan fingerprint density at radius 3 is 3.00 bits per heavy atom. The number of carbonyl (C=O) groups excluding carboxylic acids is 1. The lowest BCUT2D eigenvalue weighted by Gasteiger charge is -2.26. The smallest absolute Gasteiger partial charge is 0.325 e.